The summed E-state index contributed by atoms with van der Waals surface area (Å²) in [5.74, 6) is -1.79. The predicted octanol–water partition coefficient (Wildman–Crippen LogP) is 4.15. The number of ether oxygens (including phenoxy) is 1. The highest BCUT2D eigenvalue weighted by molar-refractivity contribution is 6.31. The molecule has 1 aromatic heterocycles. The molecule has 2 aromatic rings. The van der Waals surface area contributed by atoms with Crippen LogP contribution in [0.25, 0.3) is 6.08 Å². The van der Waals surface area contributed by atoms with Gasteiger partial charge in [-0.3, -0.25) is 4.79 Å². The summed E-state index contributed by atoms with van der Waals surface area (Å²) in [5, 5.41) is 11.7. The van der Waals surface area contributed by atoms with Crippen molar-refractivity contribution in [1.29, 1.82) is 5.26 Å². The molecule has 0 aliphatic carbocycles. The van der Waals surface area contributed by atoms with Gasteiger partial charge in [-0.25, -0.2) is 9.18 Å². The van der Waals surface area contributed by atoms with Crippen molar-refractivity contribution in [2.45, 2.75) is 20.8 Å². The van der Waals surface area contributed by atoms with E-state index in [9.17, 15) is 19.2 Å². The van der Waals surface area contributed by atoms with E-state index in [0.29, 0.717) is 22.5 Å². The van der Waals surface area contributed by atoms with Crippen LogP contribution in [0.2, 0.25) is 5.02 Å². The van der Waals surface area contributed by atoms with Gasteiger partial charge < -0.3 is 15.0 Å². The zero-order valence-electron chi connectivity index (χ0n) is 14.9. The van der Waals surface area contributed by atoms with E-state index in [1.165, 1.54) is 18.2 Å². The number of amides is 1. The first kappa shape index (κ1) is 20.2. The molecule has 1 amide bonds. The van der Waals surface area contributed by atoms with Crippen LogP contribution in [0.15, 0.2) is 23.8 Å². The summed E-state index contributed by atoms with van der Waals surface area (Å²) in [6.45, 7) is 5.33. The third-order valence-corrected chi connectivity index (χ3v) is 4.08. The van der Waals surface area contributed by atoms with Crippen molar-refractivity contribution in [2.24, 2.45) is 0 Å². The second kappa shape index (κ2) is 8.52. The number of aryl methyl sites for hydroxylation is 1. The molecule has 0 aliphatic rings. The van der Waals surface area contributed by atoms with Gasteiger partial charge in [0.05, 0.1) is 17.2 Å². The van der Waals surface area contributed by atoms with E-state index >= 15 is 0 Å². The van der Waals surface area contributed by atoms with E-state index in [2.05, 4.69) is 10.3 Å². The van der Waals surface area contributed by atoms with Gasteiger partial charge in [0.25, 0.3) is 5.91 Å². The molecule has 0 atom stereocenters. The molecule has 2 N–H and O–H groups in total. The Balaban J connectivity index is 2.31. The van der Waals surface area contributed by atoms with E-state index in [0.717, 1.165) is 6.07 Å². The van der Waals surface area contributed by atoms with Crippen LogP contribution in [0.4, 0.5) is 10.1 Å². The Kier molecular flexibility index (Phi) is 6.37. The SMILES string of the molecule is CCOC(=O)c1c(C)[nH]c(/C=C(\C#N)C(=O)Nc2ccc(F)c(Cl)c2)c1C. The minimum absolute atomic E-state index is 0.148. The first-order valence-electron chi connectivity index (χ1n) is 8.03. The number of aromatic nitrogens is 1. The largest absolute Gasteiger partial charge is 0.462 e. The minimum atomic E-state index is -0.690. The lowest BCUT2D eigenvalue weighted by Crippen LogP contribution is -2.13. The number of halogens is 2. The van der Waals surface area contributed by atoms with Crippen LogP contribution in [-0.4, -0.2) is 23.5 Å². The van der Waals surface area contributed by atoms with E-state index in [1.54, 1.807) is 20.8 Å². The first-order chi connectivity index (χ1) is 12.8. The number of nitrogens with zero attached hydrogens (tertiary/aromatic N) is 1. The molecular formula is C19H17ClFN3O3. The highest BCUT2D eigenvalue weighted by Crippen LogP contribution is 2.23. The first-order valence-corrected chi connectivity index (χ1v) is 8.40. The Hall–Kier alpha value is -3.11. The number of anilines is 1. The second-order valence-electron chi connectivity index (χ2n) is 5.64. The lowest BCUT2D eigenvalue weighted by atomic mass is 10.1. The maximum Gasteiger partial charge on any atom is 0.340 e. The number of carbonyl (C=O) groups excluding carboxylic acids is 2. The Labute approximate surface area is 160 Å². The van der Waals surface area contributed by atoms with Gasteiger partial charge in [0, 0.05) is 17.1 Å². The third-order valence-electron chi connectivity index (χ3n) is 3.79. The monoisotopic (exact) mass is 389 g/mol. The van der Waals surface area contributed by atoms with Gasteiger partial charge in [0.15, 0.2) is 0 Å². The van der Waals surface area contributed by atoms with Crippen molar-refractivity contribution < 1.29 is 18.7 Å². The fourth-order valence-corrected chi connectivity index (χ4v) is 2.67. The number of H-pyrrole nitrogens is 1. The van der Waals surface area contributed by atoms with Gasteiger partial charge >= 0.3 is 5.97 Å². The molecule has 0 saturated carbocycles. The van der Waals surface area contributed by atoms with Crippen LogP contribution in [0.3, 0.4) is 0 Å². The van der Waals surface area contributed by atoms with Gasteiger partial charge in [0.2, 0.25) is 0 Å². The van der Waals surface area contributed by atoms with Crippen LogP contribution in [0.1, 0.15) is 34.2 Å². The number of hydrogen-bond donors (Lipinski definition) is 2. The van der Waals surface area contributed by atoms with Gasteiger partial charge in [0.1, 0.15) is 17.5 Å². The van der Waals surface area contributed by atoms with Crippen molar-refractivity contribution in [3.8, 4) is 6.07 Å². The summed E-state index contributed by atoms with van der Waals surface area (Å²) in [7, 11) is 0. The van der Waals surface area contributed by atoms with Crippen molar-refractivity contribution in [2.75, 3.05) is 11.9 Å². The summed E-state index contributed by atoms with van der Waals surface area (Å²) in [6, 6.07) is 5.49. The molecule has 0 aliphatic heterocycles. The number of benzene rings is 1. The molecule has 8 heteroatoms. The molecule has 1 aromatic carbocycles. The lowest BCUT2D eigenvalue weighted by Gasteiger charge is -2.05. The molecule has 0 saturated heterocycles. The molecule has 2 rings (SSSR count). The maximum absolute atomic E-state index is 13.2. The lowest BCUT2D eigenvalue weighted by molar-refractivity contribution is -0.112. The zero-order chi connectivity index (χ0) is 20.1. The van der Waals surface area contributed by atoms with Gasteiger partial charge in [-0.2, -0.15) is 5.26 Å². The van der Waals surface area contributed by atoms with E-state index in [4.69, 9.17) is 16.3 Å². The summed E-state index contributed by atoms with van der Waals surface area (Å²) in [6.07, 6.45) is 1.34. The topological polar surface area (TPSA) is 95.0 Å². The summed E-state index contributed by atoms with van der Waals surface area (Å²) >= 11 is 5.68. The van der Waals surface area contributed by atoms with Crippen LogP contribution >= 0.6 is 11.6 Å². The molecule has 0 radical (unpaired) electrons. The number of rotatable bonds is 5. The van der Waals surface area contributed by atoms with E-state index in [1.807, 2.05) is 6.07 Å². The maximum atomic E-state index is 13.2. The van der Waals surface area contributed by atoms with E-state index in [-0.39, 0.29) is 22.9 Å². The standard InChI is InChI=1S/C19H17ClFN3O3/c1-4-27-19(26)17-10(2)16(23-11(17)3)7-12(9-22)18(25)24-13-5-6-15(21)14(20)8-13/h5-8,23H,4H2,1-3H3,(H,24,25)/b12-7+. The van der Waals surface area contributed by atoms with Crippen LogP contribution in [0, 0.1) is 31.0 Å². The molecule has 0 fully saturated rings. The zero-order valence-corrected chi connectivity index (χ0v) is 15.7. The smallest absolute Gasteiger partial charge is 0.340 e. The summed E-state index contributed by atoms with van der Waals surface area (Å²) in [5.41, 5.74) is 2.00. The van der Waals surface area contributed by atoms with Crippen molar-refractivity contribution in [1.82, 2.24) is 4.98 Å². The molecule has 1 heterocycles. The number of hydrogen-bond acceptors (Lipinski definition) is 4. The van der Waals surface area contributed by atoms with Crippen LogP contribution < -0.4 is 5.32 Å². The van der Waals surface area contributed by atoms with Crippen LogP contribution in [0.5, 0.6) is 0 Å². The fraction of sp³-hybridized carbons (Fsp3) is 0.211. The molecular weight excluding hydrogens is 373 g/mol. The normalized spacial score (nSPS) is 11.0. The Morgan fingerprint density at radius 2 is 2.11 bits per heavy atom. The highest BCUT2D eigenvalue weighted by Gasteiger charge is 2.19. The van der Waals surface area contributed by atoms with Crippen molar-refractivity contribution in [3.05, 3.63) is 57.1 Å². The van der Waals surface area contributed by atoms with Crippen molar-refractivity contribution in [3.63, 3.8) is 0 Å². The molecule has 27 heavy (non-hydrogen) atoms. The molecule has 6 nitrogen and oxygen atoms in total. The quantitative estimate of drug-likeness (QED) is 0.456. The van der Waals surface area contributed by atoms with Crippen molar-refractivity contribution >= 4 is 35.2 Å². The number of nitriles is 1. The number of nitrogens with one attached hydrogen (secondary N) is 2. The van der Waals surface area contributed by atoms with Gasteiger partial charge in [-0.05, 0) is 50.6 Å². The summed E-state index contributed by atoms with van der Waals surface area (Å²) < 4.78 is 18.2. The molecule has 0 bridgehead atoms. The number of carbonyl (C=O) groups is 2. The average Bonchev–Trinajstić information content (AvgIpc) is 2.89. The Bertz CT molecular complexity index is 973. The van der Waals surface area contributed by atoms with Gasteiger partial charge in [-0.1, -0.05) is 11.6 Å². The fourth-order valence-electron chi connectivity index (χ4n) is 2.49. The van der Waals surface area contributed by atoms with Gasteiger partial charge in [-0.15, -0.1) is 0 Å². The van der Waals surface area contributed by atoms with E-state index < -0.39 is 17.7 Å². The number of aromatic amines is 1. The second-order valence-corrected chi connectivity index (χ2v) is 6.04. The Morgan fingerprint density at radius 3 is 2.70 bits per heavy atom. The minimum Gasteiger partial charge on any atom is -0.462 e. The molecule has 0 unspecified atom stereocenters. The predicted molar refractivity (Wildman–Crippen MR) is 99.9 cm³/mol. The third kappa shape index (κ3) is 4.54. The molecule has 0 spiro atoms. The highest BCUT2D eigenvalue weighted by atomic mass is 35.5. The van der Waals surface area contributed by atoms with Crippen LogP contribution in [-0.2, 0) is 9.53 Å². The number of esters is 1. The average molecular weight is 390 g/mol. The summed E-state index contributed by atoms with van der Waals surface area (Å²) in [4.78, 5) is 27.4. The Morgan fingerprint density at radius 1 is 1.41 bits per heavy atom. The molecule has 140 valence electrons.